The number of pyridine rings is 2. The van der Waals surface area contributed by atoms with Crippen molar-refractivity contribution in [1.82, 2.24) is 39.7 Å². The number of hydrogen-bond donors (Lipinski definition) is 6. The lowest BCUT2D eigenvalue weighted by atomic mass is 9.90. The summed E-state index contributed by atoms with van der Waals surface area (Å²) in [7, 11) is 4.40. The van der Waals surface area contributed by atoms with Crippen molar-refractivity contribution in [3.05, 3.63) is 60.2 Å². The number of aromatic nitrogens is 6. The van der Waals surface area contributed by atoms with Crippen molar-refractivity contribution in [3.8, 4) is 22.5 Å². The van der Waals surface area contributed by atoms with Crippen LogP contribution in [-0.2, 0) is 6.42 Å². The molecule has 8 rings (SSSR count). The third kappa shape index (κ3) is 14.7. The van der Waals surface area contributed by atoms with E-state index in [1.807, 2.05) is 24.8 Å². The van der Waals surface area contributed by atoms with Crippen LogP contribution in [0.15, 0.2) is 49.1 Å². The van der Waals surface area contributed by atoms with Crippen molar-refractivity contribution in [2.24, 2.45) is 5.92 Å². The highest BCUT2D eigenvalue weighted by molar-refractivity contribution is 5.74. The molecule has 0 atom stereocenters. The molecule has 2 saturated carbocycles. The SMILES string of the molecule is CCCCNc1ncc(-c2ccc(C3CCN(C)CC3)cn2)c(NC2CCC(O)CC2)n1.CCCCNc1ncc(-c2ccc(CC3CCN(C)CC3)cn2)c(NC2CCC(O)CC2)n1. The molecule has 354 valence electrons. The van der Waals surface area contributed by atoms with Gasteiger partial charge < -0.3 is 41.3 Å². The van der Waals surface area contributed by atoms with Crippen LogP contribution in [0.1, 0.15) is 134 Å². The highest BCUT2D eigenvalue weighted by atomic mass is 16.3. The summed E-state index contributed by atoms with van der Waals surface area (Å²) in [5.41, 5.74) is 6.32. The van der Waals surface area contributed by atoms with E-state index in [-0.39, 0.29) is 12.2 Å². The van der Waals surface area contributed by atoms with Crippen LogP contribution in [0, 0.1) is 5.92 Å². The predicted molar refractivity (Wildman–Crippen MR) is 264 cm³/mol. The molecule has 4 aromatic heterocycles. The molecule has 2 aliphatic carbocycles. The zero-order valence-electron chi connectivity index (χ0n) is 39.8. The lowest BCUT2D eigenvalue weighted by Gasteiger charge is -2.29. The minimum absolute atomic E-state index is 0.169. The lowest BCUT2D eigenvalue weighted by Crippen LogP contribution is -2.30. The Labute approximate surface area is 388 Å². The quantitative estimate of drug-likeness (QED) is 0.0557. The predicted octanol–water partition coefficient (Wildman–Crippen LogP) is 8.63. The Balaban J connectivity index is 0.000000194. The molecule has 4 fully saturated rings. The Hall–Kier alpha value is -4.50. The Bertz CT molecular complexity index is 1990. The molecule has 0 spiro atoms. The second-order valence-corrected chi connectivity index (χ2v) is 19.3. The first kappa shape index (κ1) is 48.4. The highest BCUT2D eigenvalue weighted by Gasteiger charge is 2.25. The van der Waals surface area contributed by atoms with Gasteiger partial charge in [0.15, 0.2) is 0 Å². The zero-order valence-corrected chi connectivity index (χ0v) is 39.8. The fourth-order valence-corrected chi connectivity index (χ4v) is 9.56. The van der Waals surface area contributed by atoms with Crippen LogP contribution in [0.5, 0.6) is 0 Å². The number of rotatable bonds is 17. The molecule has 0 unspecified atom stereocenters. The average Bonchev–Trinajstić information content (AvgIpc) is 3.33. The first-order valence-corrected chi connectivity index (χ1v) is 25.1. The Morgan fingerprint density at radius 2 is 1.03 bits per heavy atom. The van der Waals surface area contributed by atoms with E-state index >= 15 is 0 Å². The molecular weight excluding hydrogens is 813 g/mol. The monoisotopic (exact) mass is 891 g/mol. The lowest BCUT2D eigenvalue weighted by molar-refractivity contribution is 0.125. The summed E-state index contributed by atoms with van der Waals surface area (Å²) in [6, 6.07) is 9.31. The van der Waals surface area contributed by atoms with Crippen molar-refractivity contribution < 1.29 is 10.2 Å². The maximum absolute atomic E-state index is 9.87. The highest BCUT2D eigenvalue weighted by Crippen LogP contribution is 2.33. The van der Waals surface area contributed by atoms with Gasteiger partial charge in [0.25, 0.3) is 0 Å². The van der Waals surface area contributed by atoms with Gasteiger partial charge in [-0.05, 0) is 172 Å². The van der Waals surface area contributed by atoms with Gasteiger partial charge in [0.05, 0.1) is 34.7 Å². The summed E-state index contributed by atoms with van der Waals surface area (Å²) in [4.78, 5) is 33.2. The van der Waals surface area contributed by atoms with E-state index in [0.717, 1.165) is 150 Å². The summed E-state index contributed by atoms with van der Waals surface area (Å²) >= 11 is 0. The van der Waals surface area contributed by atoms with Crippen LogP contribution in [0.2, 0.25) is 0 Å². The first-order valence-electron chi connectivity index (χ1n) is 25.1. The van der Waals surface area contributed by atoms with Gasteiger partial charge in [-0.1, -0.05) is 38.8 Å². The van der Waals surface area contributed by atoms with Gasteiger partial charge in [0.1, 0.15) is 11.6 Å². The molecule has 6 heterocycles. The Kier molecular flexibility index (Phi) is 18.5. The van der Waals surface area contributed by atoms with Crippen molar-refractivity contribution >= 4 is 23.5 Å². The number of likely N-dealkylation sites (tertiary alicyclic amines) is 2. The maximum atomic E-state index is 9.87. The summed E-state index contributed by atoms with van der Waals surface area (Å²) in [6.45, 7) is 10.8. The topological polar surface area (TPSA) is 172 Å². The zero-order chi connectivity index (χ0) is 45.4. The summed E-state index contributed by atoms with van der Waals surface area (Å²) in [6.07, 6.45) is 25.1. The van der Waals surface area contributed by atoms with E-state index in [0.29, 0.717) is 29.9 Å². The summed E-state index contributed by atoms with van der Waals surface area (Å²) in [5, 5.41) is 33.7. The van der Waals surface area contributed by atoms with Crippen molar-refractivity contribution in [1.29, 1.82) is 0 Å². The van der Waals surface area contributed by atoms with Crippen molar-refractivity contribution in [2.45, 2.75) is 153 Å². The van der Waals surface area contributed by atoms with Crippen LogP contribution in [0.4, 0.5) is 23.5 Å². The van der Waals surface area contributed by atoms with E-state index in [1.54, 1.807) is 0 Å². The van der Waals surface area contributed by atoms with E-state index in [4.69, 9.17) is 19.9 Å². The normalized spacial score (nSPS) is 22.4. The molecule has 65 heavy (non-hydrogen) atoms. The number of hydrogen-bond acceptors (Lipinski definition) is 14. The fraction of sp³-hybridized carbons (Fsp3) is 0.647. The van der Waals surface area contributed by atoms with Crippen LogP contribution in [0.3, 0.4) is 0 Å². The molecule has 0 aromatic carbocycles. The van der Waals surface area contributed by atoms with Gasteiger partial charge in [-0.3, -0.25) is 9.97 Å². The largest absolute Gasteiger partial charge is 0.393 e. The second kappa shape index (κ2) is 24.9. The smallest absolute Gasteiger partial charge is 0.224 e. The van der Waals surface area contributed by atoms with Gasteiger partial charge in [0, 0.05) is 50.0 Å². The standard InChI is InChI=1S/C26H40N6O.C25H38N6O/c1-3-4-13-27-26-29-18-23(25(31-26)30-21-6-8-22(33)9-7-21)24-10-5-20(17-28-24)16-19-11-14-32(2)15-12-19;1-3-4-13-26-25-28-17-22(24(30-25)29-20-6-8-21(32)9-7-20)23-10-5-19(16-27-23)18-11-14-31(2)15-12-18/h5,10,17-19,21-22,33H,3-4,6-9,11-16H2,1-2H3,(H2,27,29,30,31);5,10,16-18,20-21,32H,3-4,6-9,11-15H2,1-2H3,(H2,26,28,29,30). The minimum Gasteiger partial charge on any atom is -0.393 e. The van der Waals surface area contributed by atoms with Crippen molar-refractivity contribution in [2.75, 3.05) is 74.6 Å². The number of nitrogens with one attached hydrogen (secondary N) is 4. The molecule has 2 saturated heterocycles. The fourth-order valence-electron chi connectivity index (χ4n) is 9.56. The van der Waals surface area contributed by atoms with E-state index in [2.05, 4.69) is 93.2 Å². The maximum Gasteiger partial charge on any atom is 0.224 e. The van der Waals surface area contributed by atoms with Gasteiger partial charge in [-0.25, -0.2) is 9.97 Å². The first-order chi connectivity index (χ1) is 31.7. The number of aliphatic hydroxyl groups is 2. The minimum atomic E-state index is -0.169. The molecule has 6 N–H and O–H groups in total. The Morgan fingerprint density at radius 1 is 0.554 bits per heavy atom. The molecule has 0 amide bonds. The molecule has 4 aromatic rings. The molecule has 0 radical (unpaired) electrons. The molecule has 14 heteroatoms. The molecule has 2 aliphatic heterocycles. The summed E-state index contributed by atoms with van der Waals surface area (Å²) in [5.74, 6) is 4.33. The molecule has 4 aliphatic rings. The molecule has 0 bridgehead atoms. The van der Waals surface area contributed by atoms with Crippen LogP contribution < -0.4 is 21.3 Å². The van der Waals surface area contributed by atoms with E-state index < -0.39 is 0 Å². The number of unbranched alkanes of at least 4 members (excludes halogenated alkanes) is 2. The van der Waals surface area contributed by atoms with Gasteiger partial charge in [-0.2, -0.15) is 9.97 Å². The number of piperidine rings is 2. The number of anilines is 4. The van der Waals surface area contributed by atoms with E-state index in [9.17, 15) is 10.2 Å². The van der Waals surface area contributed by atoms with Crippen LogP contribution in [-0.4, -0.2) is 128 Å². The van der Waals surface area contributed by atoms with Gasteiger partial charge >= 0.3 is 0 Å². The summed E-state index contributed by atoms with van der Waals surface area (Å²) < 4.78 is 0. The number of aliphatic hydroxyl groups excluding tert-OH is 2. The second-order valence-electron chi connectivity index (χ2n) is 19.3. The third-order valence-corrected chi connectivity index (χ3v) is 14.0. The Morgan fingerprint density at radius 3 is 1.48 bits per heavy atom. The average molecular weight is 891 g/mol. The van der Waals surface area contributed by atoms with Crippen LogP contribution in [0.25, 0.3) is 22.5 Å². The van der Waals surface area contributed by atoms with E-state index in [1.165, 1.54) is 49.9 Å². The van der Waals surface area contributed by atoms with Gasteiger partial charge in [0.2, 0.25) is 11.9 Å². The van der Waals surface area contributed by atoms with Crippen LogP contribution >= 0.6 is 0 Å². The molecular formula is C51H78N12O2. The van der Waals surface area contributed by atoms with Crippen molar-refractivity contribution in [3.63, 3.8) is 0 Å². The number of nitrogens with zero attached hydrogens (tertiary/aromatic N) is 8. The third-order valence-electron chi connectivity index (χ3n) is 14.0. The molecule has 14 nitrogen and oxygen atoms in total. The van der Waals surface area contributed by atoms with Gasteiger partial charge in [-0.15, -0.1) is 0 Å².